The van der Waals surface area contributed by atoms with Gasteiger partial charge >= 0.3 is 11.9 Å². The third-order valence-electron chi connectivity index (χ3n) is 7.64. The molecule has 0 aliphatic heterocycles. The minimum absolute atomic E-state index is 0.0273. The van der Waals surface area contributed by atoms with Gasteiger partial charge in [0.25, 0.3) is 0 Å². The van der Waals surface area contributed by atoms with E-state index in [2.05, 4.69) is 13.8 Å². The smallest absolute Gasteiger partial charge is 0.306 e. The fourth-order valence-corrected chi connectivity index (χ4v) is 5.13. The molecule has 0 aromatic carbocycles. The molecule has 0 rings (SSSR count). The number of carbonyl (C=O) groups excluding carboxylic acids is 2. The van der Waals surface area contributed by atoms with E-state index >= 15 is 0 Å². The number of unbranched alkanes of at least 4 members (excludes halogenated alkanes) is 24. The summed E-state index contributed by atoms with van der Waals surface area (Å²) in [4.78, 5) is 22.5. The Morgan fingerprint density at radius 2 is 0.683 bits per heavy atom. The van der Waals surface area contributed by atoms with Crippen molar-refractivity contribution in [3.05, 3.63) is 0 Å². The van der Waals surface area contributed by atoms with E-state index in [-0.39, 0.29) is 18.0 Å². The number of esters is 2. The maximum absolute atomic E-state index is 11.3. The van der Waals surface area contributed by atoms with Crippen molar-refractivity contribution >= 4 is 11.9 Å². The Balaban J connectivity index is 0. The van der Waals surface area contributed by atoms with Crippen LogP contribution >= 0.6 is 0 Å². The Labute approximate surface area is 257 Å². The second-order valence-electron chi connectivity index (χ2n) is 12.3. The molecule has 0 amide bonds. The molecule has 4 heteroatoms. The average molecular weight is 583 g/mol. The summed E-state index contributed by atoms with van der Waals surface area (Å²) in [5, 5.41) is 0. The Morgan fingerprint density at radius 3 is 0.951 bits per heavy atom. The molecule has 0 atom stereocenters. The lowest BCUT2D eigenvalue weighted by Gasteiger charge is -2.07. The van der Waals surface area contributed by atoms with Crippen LogP contribution in [-0.2, 0) is 19.1 Å². The van der Waals surface area contributed by atoms with Crippen LogP contribution in [-0.4, -0.2) is 24.6 Å². The maximum Gasteiger partial charge on any atom is 0.306 e. The third-order valence-corrected chi connectivity index (χ3v) is 7.64. The summed E-state index contributed by atoms with van der Waals surface area (Å²) in [7, 11) is 0. The highest BCUT2D eigenvalue weighted by Crippen LogP contribution is 2.14. The molecule has 0 saturated carbocycles. The lowest BCUT2D eigenvalue weighted by atomic mass is 10.0. The summed E-state index contributed by atoms with van der Waals surface area (Å²) < 4.78 is 10.0. The first-order chi connectivity index (χ1) is 20.0. The summed E-state index contributed by atoms with van der Waals surface area (Å²) in [6.45, 7) is 10.7. The van der Waals surface area contributed by atoms with Crippen molar-refractivity contribution in [2.24, 2.45) is 0 Å². The van der Waals surface area contributed by atoms with Crippen LogP contribution in [0.5, 0.6) is 0 Å². The van der Waals surface area contributed by atoms with Crippen molar-refractivity contribution in [3.63, 3.8) is 0 Å². The van der Waals surface area contributed by atoms with E-state index in [1.807, 2.05) is 20.8 Å². The first kappa shape index (κ1) is 42.1. The van der Waals surface area contributed by atoms with E-state index in [0.717, 1.165) is 12.8 Å². The van der Waals surface area contributed by atoms with E-state index < -0.39 is 0 Å². The van der Waals surface area contributed by atoms with Gasteiger partial charge in [0.05, 0.1) is 12.7 Å². The van der Waals surface area contributed by atoms with Crippen LogP contribution in [0.2, 0.25) is 0 Å². The van der Waals surface area contributed by atoms with Gasteiger partial charge in [-0.05, 0) is 33.6 Å². The van der Waals surface area contributed by atoms with E-state index in [0.29, 0.717) is 19.4 Å². The molecular weight excluding hydrogens is 508 g/mol. The van der Waals surface area contributed by atoms with Crippen LogP contribution in [0.15, 0.2) is 0 Å². The van der Waals surface area contributed by atoms with Crippen LogP contribution < -0.4 is 0 Å². The zero-order valence-electron chi connectivity index (χ0n) is 28.7. The van der Waals surface area contributed by atoms with Gasteiger partial charge in [0.2, 0.25) is 0 Å². The fourth-order valence-electron chi connectivity index (χ4n) is 5.13. The average Bonchev–Trinajstić information content (AvgIpc) is 2.94. The van der Waals surface area contributed by atoms with Gasteiger partial charge in [-0.1, -0.05) is 168 Å². The Kier molecular flexibility index (Phi) is 37.9. The van der Waals surface area contributed by atoms with Crippen LogP contribution in [0.4, 0.5) is 0 Å². The molecule has 0 aliphatic rings. The summed E-state index contributed by atoms with van der Waals surface area (Å²) in [6, 6.07) is 0. The number of hydrogen-bond donors (Lipinski definition) is 0. The van der Waals surface area contributed by atoms with Crippen LogP contribution in [0.25, 0.3) is 0 Å². The molecule has 0 bridgehead atoms. The molecule has 0 N–H and O–H groups in total. The standard InChI is InChI=1S/C19H38O2.C18H36O2/c1-4-5-6-7-8-9-10-11-12-13-14-15-16-17-19(20)21-18(2)3;1-3-5-6-7-8-9-10-11-12-13-14-15-16-17-18(19)20-4-2/h18H,4-17H2,1-3H3;3-17H2,1-2H3. The van der Waals surface area contributed by atoms with Crippen LogP contribution in [0, 0.1) is 0 Å². The van der Waals surface area contributed by atoms with E-state index in [1.165, 1.54) is 154 Å². The van der Waals surface area contributed by atoms with Gasteiger partial charge in [0.1, 0.15) is 0 Å². The normalized spacial score (nSPS) is 10.9. The summed E-state index contributed by atoms with van der Waals surface area (Å²) in [6.07, 6.45) is 36.0. The molecule has 41 heavy (non-hydrogen) atoms. The quantitative estimate of drug-likeness (QED) is 0.0624. The molecule has 4 nitrogen and oxygen atoms in total. The van der Waals surface area contributed by atoms with Crippen molar-refractivity contribution in [1.82, 2.24) is 0 Å². The molecule has 246 valence electrons. The highest BCUT2D eigenvalue weighted by atomic mass is 16.5. The molecule has 0 saturated heterocycles. The molecule has 0 aromatic rings. The van der Waals surface area contributed by atoms with Crippen LogP contribution in [0.3, 0.4) is 0 Å². The van der Waals surface area contributed by atoms with E-state index in [1.54, 1.807) is 0 Å². The SMILES string of the molecule is CCCCCCCCCCCCCCCC(=O)OC(C)C.CCCCCCCCCCCCCCCC(=O)OCC. The van der Waals surface area contributed by atoms with E-state index in [4.69, 9.17) is 9.47 Å². The van der Waals surface area contributed by atoms with Crippen molar-refractivity contribution in [1.29, 1.82) is 0 Å². The Hall–Kier alpha value is -1.06. The number of hydrogen-bond acceptors (Lipinski definition) is 4. The number of ether oxygens (including phenoxy) is 2. The third kappa shape index (κ3) is 41.1. The van der Waals surface area contributed by atoms with Gasteiger partial charge in [0.15, 0.2) is 0 Å². The molecule has 0 aliphatic carbocycles. The first-order valence-corrected chi connectivity index (χ1v) is 18.3. The van der Waals surface area contributed by atoms with Gasteiger partial charge in [0, 0.05) is 12.8 Å². The molecular formula is C37H74O4. The van der Waals surface area contributed by atoms with Crippen LogP contribution in [0.1, 0.15) is 214 Å². The van der Waals surface area contributed by atoms with Gasteiger partial charge in [-0.15, -0.1) is 0 Å². The van der Waals surface area contributed by atoms with Gasteiger partial charge in [-0.25, -0.2) is 0 Å². The van der Waals surface area contributed by atoms with Crippen molar-refractivity contribution < 1.29 is 19.1 Å². The highest BCUT2D eigenvalue weighted by Gasteiger charge is 2.04. The summed E-state index contributed by atoms with van der Waals surface area (Å²) in [5.74, 6) is -0.0661. The molecule has 0 spiro atoms. The predicted molar refractivity (Wildman–Crippen MR) is 178 cm³/mol. The second kappa shape index (κ2) is 37.0. The lowest BCUT2D eigenvalue weighted by molar-refractivity contribution is -0.147. The molecule has 0 radical (unpaired) electrons. The zero-order valence-corrected chi connectivity index (χ0v) is 28.7. The minimum Gasteiger partial charge on any atom is -0.466 e. The molecule has 0 fully saturated rings. The van der Waals surface area contributed by atoms with E-state index in [9.17, 15) is 9.59 Å². The Bertz CT molecular complexity index is 517. The van der Waals surface area contributed by atoms with Crippen molar-refractivity contribution in [3.8, 4) is 0 Å². The molecule has 0 unspecified atom stereocenters. The van der Waals surface area contributed by atoms with Gasteiger partial charge in [-0.2, -0.15) is 0 Å². The van der Waals surface area contributed by atoms with Crippen molar-refractivity contribution in [2.75, 3.05) is 6.61 Å². The number of rotatable bonds is 30. The van der Waals surface area contributed by atoms with Gasteiger partial charge < -0.3 is 9.47 Å². The number of carbonyl (C=O) groups is 2. The summed E-state index contributed by atoms with van der Waals surface area (Å²) >= 11 is 0. The zero-order chi connectivity index (χ0) is 30.7. The largest absolute Gasteiger partial charge is 0.466 e. The molecule has 0 aromatic heterocycles. The second-order valence-corrected chi connectivity index (χ2v) is 12.3. The topological polar surface area (TPSA) is 52.6 Å². The summed E-state index contributed by atoms with van der Waals surface area (Å²) in [5.41, 5.74) is 0. The maximum atomic E-state index is 11.3. The predicted octanol–water partition coefficient (Wildman–Crippen LogP) is 12.5. The first-order valence-electron chi connectivity index (χ1n) is 18.3. The lowest BCUT2D eigenvalue weighted by Crippen LogP contribution is -2.10. The minimum atomic E-state index is -0.0342. The monoisotopic (exact) mass is 583 g/mol. The Morgan fingerprint density at radius 1 is 0.415 bits per heavy atom. The molecule has 0 heterocycles. The van der Waals surface area contributed by atoms with Gasteiger partial charge in [-0.3, -0.25) is 9.59 Å². The fraction of sp³-hybridized carbons (Fsp3) is 0.946. The highest BCUT2D eigenvalue weighted by molar-refractivity contribution is 5.69. The van der Waals surface area contributed by atoms with Crippen molar-refractivity contribution in [2.45, 2.75) is 221 Å².